The second-order valence-corrected chi connectivity index (χ2v) is 6.99. The number of benzene rings is 1. The molecule has 1 atom stereocenters. The van der Waals surface area contributed by atoms with Crippen LogP contribution in [0.2, 0.25) is 0 Å². The molecule has 0 amide bonds. The van der Waals surface area contributed by atoms with Crippen molar-refractivity contribution in [3.05, 3.63) is 29.8 Å². The van der Waals surface area contributed by atoms with Crippen LogP contribution >= 0.6 is 23.2 Å². The molecular formula is C10H10Cl2O3S. The Bertz CT molecular complexity index is 493. The summed E-state index contributed by atoms with van der Waals surface area (Å²) in [5, 5.41) is 0. The zero-order chi connectivity index (χ0) is 12.0. The Labute approximate surface area is 104 Å². The van der Waals surface area contributed by atoms with E-state index in [1.165, 1.54) is 0 Å². The van der Waals surface area contributed by atoms with E-state index in [0.29, 0.717) is 5.75 Å². The van der Waals surface area contributed by atoms with Crippen LogP contribution < -0.4 is 4.18 Å². The maximum absolute atomic E-state index is 10.9. The molecule has 6 heteroatoms. The first-order valence-corrected chi connectivity index (χ1v) is 7.22. The molecule has 0 saturated heterocycles. The number of rotatable bonds is 3. The van der Waals surface area contributed by atoms with Gasteiger partial charge in [0.1, 0.15) is 10.1 Å². The minimum atomic E-state index is -3.47. The second-order valence-electron chi connectivity index (χ2n) is 3.87. The van der Waals surface area contributed by atoms with E-state index in [2.05, 4.69) is 0 Å². The molecule has 0 bridgehead atoms. The minimum absolute atomic E-state index is 0.128. The average molecular weight is 281 g/mol. The number of hydrogen-bond donors (Lipinski definition) is 0. The van der Waals surface area contributed by atoms with E-state index >= 15 is 0 Å². The lowest BCUT2D eigenvalue weighted by atomic mass is 10.1. The highest BCUT2D eigenvalue weighted by molar-refractivity contribution is 7.86. The summed E-state index contributed by atoms with van der Waals surface area (Å²) in [6.45, 7) is 0. The van der Waals surface area contributed by atoms with Gasteiger partial charge >= 0.3 is 10.1 Å². The summed E-state index contributed by atoms with van der Waals surface area (Å²) in [5.74, 6) is 0.421. The SMILES string of the molecule is CS(=O)(=O)Oc1ccc(C2CC2(Cl)Cl)cc1. The third kappa shape index (κ3) is 2.81. The van der Waals surface area contributed by atoms with Gasteiger partial charge in [0, 0.05) is 5.92 Å². The first-order chi connectivity index (χ1) is 7.28. The van der Waals surface area contributed by atoms with E-state index in [9.17, 15) is 8.42 Å². The molecule has 0 radical (unpaired) electrons. The predicted octanol–water partition coefficient (Wildman–Crippen LogP) is 2.69. The van der Waals surface area contributed by atoms with Gasteiger partial charge in [-0.15, -0.1) is 23.2 Å². The van der Waals surface area contributed by atoms with Crippen LogP contribution in [-0.2, 0) is 10.1 Å². The largest absolute Gasteiger partial charge is 0.383 e. The third-order valence-corrected chi connectivity index (χ3v) is 3.69. The van der Waals surface area contributed by atoms with E-state index in [0.717, 1.165) is 18.2 Å². The predicted molar refractivity (Wildman–Crippen MR) is 63.7 cm³/mol. The lowest BCUT2D eigenvalue weighted by Crippen LogP contribution is -2.05. The van der Waals surface area contributed by atoms with Gasteiger partial charge in [-0.25, -0.2) is 0 Å². The van der Waals surface area contributed by atoms with Crippen molar-refractivity contribution in [2.75, 3.05) is 6.26 Å². The van der Waals surface area contributed by atoms with Crippen molar-refractivity contribution < 1.29 is 12.6 Å². The van der Waals surface area contributed by atoms with Gasteiger partial charge in [0.25, 0.3) is 0 Å². The summed E-state index contributed by atoms with van der Waals surface area (Å²) in [7, 11) is -3.47. The highest BCUT2D eigenvalue weighted by Gasteiger charge is 2.52. The monoisotopic (exact) mass is 280 g/mol. The van der Waals surface area contributed by atoms with Gasteiger partial charge in [-0.05, 0) is 24.1 Å². The zero-order valence-corrected chi connectivity index (χ0v) is 10.8. The van der Waals surface area contributed by atoms with Gasteiger partial charge in [0.05, 0.1) is 6.26 Å². The molecule has 0 aromatic heterocycles. The molecule has 0 spiro atoms. The van der Waals surface area contributed by atoms with Crippen molar-refractivity contribution in [1.29, 1.82) is 0 Å². The summed E-state index contributed by atoms with van der Waals surface area (Å²) < 4.78 is 25.8. The van der Waals surface area contributed by atoms with Crippen molar-refractivity contribution in [3.63, 3.8) is 0 Å². The van der Waals surface area contributed by atoms with Crippen LogP contribution in [0, 0.1) is 0 Å². The van der Waals surface area contributed by atoms with Crippen molar-refractivity contribution in [2.45, 2.75) is 16.7 Å². The Balaban J connectivity index is 2.12. The van der Waals surface area contributed by atoms with E-state index in [4.69, 9.17) is 27.4 Å². The highest BCUT2D eigenvalue weighted by atomic mass is 35.5. The summed E-state index contributed by atoms with van der Waals surface area (Å²) in [4.78, 5) is 0. The van der Waals surface area contributed by atoms with Gasteiger partial charge in [0.2, 0.25) is 0 Å². The molecule has 0 heterocycles. The Morgan fingerprint density at radius 2 is 1.81 bits per heavy atom. The Morgan fingerprint density at radius 3 is 2.19 bits per heavy atom. The molecule has 1 aliphatic rings. The Hall–Kier alpha value is -0.450. The van der Waals surface area contributed by atoms with E-state index in [1.54, 1.807) is 24.3 Å². The molecule has 1 aromatic carbocycles. The second kappa shape index (κ2) is 3.79. The summed E-state index contributed by atoms with van der Waals surface area (Å²) in [5.41, 5.74) is 0.992. The fraction of sp³-hybridized carbons (Fsp3) is 0.400. The first kappa shape index (κ1) is 12.0. The quantitative estimate of drug-likeness (QED) is 0.632. The van der Waals surface area contributed by atoms with Crippen LogP contribution in [0.4, 0.5) is 0 Å². The fourth-order valence-corrected chi connectivity index (χ4v) is 2.53. The molecule has 1 aliphatic carbocycles. The maximum atomic E-state index is 10.9. The summed E-state index contributed by atoms with van der Waals surface area (Å²) in [6, 6.07) is 6.74. The highest BCUT2D eigenvalue weighted by Crippen LogP contribution is 2.59. The molecule has 3 nitrogen and oxygen atoms in total. The molecule has 0 N–H and O–H groups in total. The zero-order valence-electron chi connectivity index (χ0n) is 8.48. The normalized spacial score (nSPS) is 22.8. The van der Waals surface area contributed by atoms with Crippen LogP contribution in [0.25, 0.3) is 0 Å². The van der Waals surface area contributed by atoms with Crippen molar-refractivity contribution in [1.82, 2.24) is 0 Å². The van der Waals surface area contributed by atoms with E-state index in [1.807, 2.05) is 0 Å². The molecule has 2 rings (SSSR count). The third-order valence-electron chi connectivity index (χ3n) is 2.36. The molecule has 0 aliphatic heterocycles. The van der Waals surface area contributed by atoms with Gasteiger partial charge < -0.3 is 4.18 Å². The van der Waals surface area contributed by atoms with Crippen LogP contribution in [0.3, 0.4) is 0 Å². The van der Waals surface area contributed by atoms with Crippen LogP contribution in [0.5, 0.6) is 5.75 Å². The molecule has 1 saturated carbocycles. The van der Waals surface area contributed by atoms with Gasteiger partial charge in [0.15, 0.2) is 0 Å². The van der Waals surface area contributed by atoms with Crippen LogP contribution in [-0.4, -0.2) is 19.0 Å². The van der Waals surface area contributed by atoms with Gasteiger partial charge in [-0.1, -0.05) is 12.1 Å². The summed E-state index contributed by atoms with van der Waals surface area (Å²) >= 11 is 11.9. The molecule has 1 fully saturated rings. The number of halogens is 2. The fourth-order valence-electron chi connectivity index (χ4n) is 1.51. The molecule has 1 unspecified atom stereocenters. The van der Waals surface area contributed by atoms with Crippen molar-refractivity contribution in [3.8, 4) is 5.75 Å². The minimum Gasteiger partial charge on any atom is -0.383 e. The molecule has 88 valence electrons. The standard InChI is InChI=1S/C10H10Cl2O3S/c1-16(13,14)15-8-4-2-7(3-5-8)9-6-10(9,11)12/h2-5,9H,6H2,1H3. The van der Waals surface area contributed by atoms with E-state index in [-0.39, 0.29) is 5.92 Å². The lowest BCUT2D eigenvalue weighted by molar-refractivity contribution is 0.493. The lowest BCUT2D eigenvalue weighted by Gasteiger charge is -2.04. The first-order valence-electron chi connectivity index (χ1n) is 4.65. The topological polar surface area (TPSA) is 43.4 Å². The molecule has 16 heavy (non-hydrogen) atoms. The maximum Gasteiger partial charge on any atom is 0.306 e. The summed E-state index contributed by atoms with van der Waals surface area (Å²) in [6.07, 6.45) is 1.73. The molecular weight excluding hydrogens is 271 g/mol. The Kier molecular flexibility index (Phi) is 2.85. The van der Waals surface area contributed by atoms with Crippen molar-refractivity contribution >= 4 is 33.3 Å². The van der Waals surface area contributed by atoms with Crippen LogP contribution in [0.15, 0.2) is 24.3 Å². The van der Waals surface area contributed by atoms with E-state index < -0.39 is 14.5 Å². The number of alkyl halides is 2. The van der Waals surface area contributed by atoms with Crippen molar-refractivity contribution in [2.24, 2.45) is 0 Å². The smallest absolute Gasteiger partial charge is 0.306 e. The Morgan fingerprint density at radius 1 is 1.31 bits per heavy atom. The van der Waals surface area contributed by atoms with Gasteiger partial charge in [-0.3, -0.25) is 0 Å². The van der Waals surface area contributed by atoms with Gasteiger partial charge in [-0.2, -0.15) is 8.42 Å². The molecule has 1 aromatic rings. The number of hydrogen-bond acceptors (Lipinski definition) is 3. The van der Waals surface area contributed by atoms with Crippen LogP contribution in [0.1, 0.15) is 17.9 Å². The average Bonchev–Trinajstić information content (AvgIpc) is 2.73.